The molecular weight excluding hydrogens is 328 g/mol. The number of nitrogens with one attached hydrogen (secondary N) is 2. The number of rotatable bonds is 5. The highest BCUT2D eigenvalue weighted by Gasteiger charge is 2.45. The second-order valence-electron chi connectivity index (χ2n) is 6.28. The van der Waals surface area contributed by atoms with Crippen molar-refractivity contribution in [1.82, 2.24) is 5.32 Å². The minimum absolute atomic E-state index is 0.0340. The number of benzene rings is 1. The fraction of sp³-hybridized carbons (Fsp3) is 0.333. The second-order valence-corrected chi connectivity index (χ2v) is 6.68. The van der Waals surface area contributed by atoms with E-state index in [2.05, 4.69) is 10.6 Å². The summed E-state index contributed by atoms with van der Waals surface area (Å²) in [4.78, 5) is 24.5. The van der Waals surface area contributed by atoms with Crippen molar-refractivity contribution in [3.05, 3.63) is 52.9 Å². The molecule has 0 saturated heterocycles. The van der Waals surface area contributed by atoms with Gasteiger partial charge in [-0.1, -0.05) is 11.6 Å². The molecule has 126 valence electrons. The van der Waals surface area contributed by atoms with Gasteiger partial charge in [0.2, 0.25) is 5.91 Å². The van der Waals surface area contributed by atoms with E-state index >= 15 is 0 Å². The Labute approximate surface area is 145 Å². The van der Waals surface area contributed by atoms with Gasteiger partial charge in [0.1, 0.15) is 5.76 Å². The number of anilines is 1. The zero-order valence-corrected chi connectivity index (χ0v) is 14.3. The predicted octanol–water partition coefficient (Wildman–Crippen LogP) is 3.81. The van der Waals surface area contributed by atoms with E-state index in [0.717, 1.165) is 12.2 Å². The third kappa shape index (κ3) is 3.62. The summed E-state index contributed by atoms with van der Waals surface area (Å²) in [6, 6.07) is 8.58. The Balaban J connectivity index is 1.68. The van der Waals surface area contributed by atoms with Gasteiger partial charge in [-0.05, 0) is 50.6 Å². The van der Waals surface area contributed by atoms with Crippen LogP contribution >= 0.6 is 11.6 Å². The molecule has 2 unspecified atom stereocenters. The van der Waals surface area contributed by atoms with Crippen LogP contribution in [0, 0.1) is 5.92 Å². The number of carbonyl (C=O) groups excluding carboxylic acids is 2. The number of amides is 2. The second kappa shape index (κ2) is 6.69. The number of hydrogen-bond donors (Lipinski definition) is 2. The van der Waals surface area contributed by atoms with E-state index in [1.54, 1.807) is 24.5 Å². The summed E-state index contributed by atoms with van der Waals surface area (Å²) >= 11 is 6.15. The first-order chi connectivity index (χ1) is 11.5. The van der Waals surface area contributed by atoms with E-state index in [4.69, 9.17) is 16.0 Å². The molecule has 2 amide bonds. The molecule has 2 atom stereocenters. The van der Waals surface area contributed by atoms with Gasteiger partial charge in [-0.3, -0.25) is 9.59 Å². The van der Waals surface area contributed by atoms with Crippen LogP contribution < -0.4 is 10.6 Å². The minimum Gasteiger partial charge on any atom is -0.469 e. The summed E-state index contributed by atoms with van der Waals surface area (Å²) in [5.41, 5.74) is 0.907. The number of carbonyl (C=O) groups is 2. The van der Waals surface area contributed by atoms with Crippen molar-refractivity contribution in [2.24, 2.45) is 5.92 Å². The Morgan fingerprint density at radius 2 is 2.08 bits per heavy atom. The molecule has 1 aliphatic carbocycles. The van der Waals surface area contributed by atoms with Crippen molar-refractivity contribution < 1.29 is 14.0 Å². The number of halogens is 1. The Hall–Kier alpha value is -2.27. The van der Waals surface area contributed by atoms with Crippen LogP contribution in [0.4, 0.5) is 5.69 Å². The Kier molecular flexibility index (Phi) is 4.62. The molecule has 2 aromatic rings. The Bertz CT molecular complexity index is 756. The molecule has 6 heteroatoms. The van der Waals surface area contributed by atoms with Crippen LogP contribution in [-0.4, -0.2) is 17.9 Å². The van der Waals surface area contributed by atoms with Crippen LogP contribution in [0.1, 0.15) is 42.3 Å². The summed E-state index contributed by atoms with van der Waals surface area (Å²) in [6.45, 7) is 3.77. The third-order valence-electron chi connectivity index (χ3n) is 3.94. The zero-order valence-electron chi connectivity index (χ0n) is 13.5. The molecule has 1 saturated carbocycles. The summed E-state index contributed by atoms with van der Waals surface area (Å²) in [5, 5.41) is 6.04. The Morgan fingerprint density at radius 1 is 1.29 bits per heavy atom. The van der Waals surface area contributed by atoms with Crippen molar-refractivity contribution >= 4 is 29.1 Å². The molecule has 24 heavy (non-hydrogen) atoms. The van der Waals surface area contributed by atoms with Crippen molar-refractivity contribution in [1.29, 1.82) is 0 Å². The van der Waals surface area contributed by atoms with E-state index in [-0.39, 0.29) is 29.7 Å². The molecule has 2 N–H and O–H groups in total. The molecule has 1 fully saturated rings. The monoisotopic (exact) mass is 346 g/mol. The van der Waals surface area contributed by atoms with Gasteiger partial charge in [0.05, 0.1) is 17.0 Å². The van der Waals surface area contributed by atoms with Gasteiger partial charge >= 0.3 is 0 Å². The van der Waals surface area contributed by atoms with Crippen molar-refractivity contribution in [3.63, 3.8) is 0 Å². The first-order valence-corrected chi connectivity index (χ1v) is 8.28. The van der Waals surface area contributed by atoms with Crippen LogP contribution in [-0.2, 0) is 4.79 Å². The van der Waals surface area contributed by atoms with Gasteiger partial charge in [0.15, 0.2) is 0 Å². The van der Waals surface area contributed by atoms with Crippen LogP contribution in [0.25, 0.3) is 0 Å². The lowest BCUT2D eigenvalue weighted by Crippen LogP contribution is -2.30. The highest BCUT2D eigenvalue weighted by Crippen LogP contribution is 2.48. The van der Waals surface area contributed by atoms with Gasteiger partial charge in [-0.25, -0.2) is 0 Å². The lowest BCUT2D eigenvalue weighted by Gasteiger charge is -2.11. The fourth-order valence-corrected chi connectivity index (χ4v) is 2.80. The van der Waals surface area contributed by atoms with Crippen LogP contribution in [0.5, 0.6) is 0 Å². The van der Waals surface area contributed by atoms with E-state index in [9.17, 15) is 9.59 Å². The average molecular weight is 347 g/mol. The van der Waals surface area contributed by atoms with Gasteiger partial charge in [0.25, 0.3) is 5.91 Å². The maximum absolute atomic E-state index is 12.4. The first kappa shape index (κ1) is 16.6. The Morgan fingerprint density at radius 3 is 2.75 bits per heavy atom. The summed E-state index contributed by atoms with van der Waals surface area (Å²) in [7, 11) is 0. The lowest BCUT2D eigenvalue weighted by molar-refractivity contribution is -0.117. The molecule has 3 rings (SSSR count). The molecular formula is C18H19ClN2O3. The van der Waals surface area contributed by atoms with Crippen molar-refractivity contribution in [2.75, 3.05) is 5.32 Å². The number of hydrogen-bond acceptors (Lipinski definition) is 3. The summed E-state index contributed by atoms with van der Waals surface area (Å²) < 4.78 is 5.34. The smallest absolute Gasteiger partial charge is 0.251 e. The normalized spacial score (nSPS) is 19.2. The van der Waals surface area contributed by atoms with E-state index in [1.165, 1.54) is 0 Å². The van der Waals surface area contributed by atoms with Gasteiger partial charge < -0.3 is 15.1 Å². The molecule has 1 aromatic heterocycles. The maximum Gasteiger partial charge on any atom is 0.251 e. The van der Waals surface area contributed by atoms with Gasteiger partial charge in [-0.15, -0.1) is 0 Å². The van der Waals surface area contributed by atoms with E-state index in [0.29, 0.717) is 16.3 Å². The highest BCUT2D eigenvalue weighted by atomic mass is 35.5. The molecule has 0 aliphatic heterocycles. The quantitative estimate of drug-likeness (QED) is 0.864. The summed E-state index contributed by atoms with van der Waals surface area (Å²) in [6.07, 6.45) is 2.36. The fourth-order valence-electron chi connectivity index (χ4n) is 2.63. The molecule has 1 aliphatic rings. The SMILES string of the molecule is CC(C)NC(=O)c1ccc(Cl)c(NC(=O)C2CC2c2ccco2)c1. The predicted molar refractivity (Wildman–Crippen MR) is 92.2 cm³/mol. The lowest BCUT2D eigenvalue weighted by atomic mass is 10.1. The standard InChI is InChI=1S/C18H19ClN2O3/c1-10(2)20-17(22)11-5-6-14(19)15(8-11)21-18(23)13-9-12(13)16-4-3-7-24-16/h3-8,10,12-13H,9H2,1-2H3,(H,20,22)(H,21,23). The van der Waals surface area contributed by atoms with Crippen LogP contribution in [0.2, 0.25) is 5.02 Å². The van der Waals surface area contributed by atoms with Gasteiger partial charge in [-0.2, -0.15) is 0 Å². The molecule has 1 aromatic carbocycles. The molecule has 5 nitrogen and oxygen atoms in total. The van der Waals surface area contributed by atoms with E-state index in [1.807, 2.05) is 26.0 Å². The topological polar surface area (TPSA) is 71.3 Å². The largest absolute Gasteiger partial charge is 0.469 e. The zero-order chi connectivity index (χ0) is 17.3. The summed E-state index contributed by atoms with van der Waals surface area (Å²) in [5.74, 6) is 0.509. The van der Waals surface area contributed by atoms with Crippen molar-refractivity contribution in [2.45, 2.75) is 32.2 Å². The third-order valence-corrected chi connectivity index (χ3v) is 4.27. The highest BCUT2D eigenvalue weighted by molar-refractivity contribution is 6.34. The minimum atomic E-state index is -0.197. The number of furan rings is 1. The van der Waals surface area contributed by atoms with E-state index < -0.39 is 0 Å². The first-order valence-electron chi connectivity index (χ1n) is 7.90. The molecule has 0 bridgehead atoms. The van der Waals surface area contributed by atoms with Crippen LogP contribution in [0.3, 0.4) is 0 Å². The average Bonchev–Trinajstić information content (AvgIpc) is 3.14. The van der Waals surface area contributed by atoms with Crippen LogP contribution in [0.15, 0.2) is 41.0 Å². The molecule has 1 heterocycles. The van der Waals surface area contributed by atoms with Crippen molar-refractivity contribution in [3.8, 4) is 0 Å². The van der Waals surface area contributed by atoms with Gasteiger partial charge in [0, 0.05) is 23.4 Å². The molecule has 0 radical (unpaired) electrons. The molecule has 0 spiro atoms. The maximum atomic E-state index is 12.4.